The van der Waals surface area contributed by atoms with Crippen molar-refractivity contribution in [2.24, 2.45) is 0 Å². The lowest BCUT2D eigenvalue weighted by atomic mass is 10.8. The number of hydrogen-bond donors (Lipinski definition) is 2. The van der Waals surface area contributed by atoms with Gasteiger partial charge in [-0.15, -0.1) is 132 Å². The van der Waals surface area contributed by atoms with Gasteiger partial charge in [0.2, 0.25) is 0 Å². The van der Waals surface area contributed by atoms with Crippen LogP contribution in [0.2, 0.25) is 0 Å². The van der Waals surface area contributed by atoms with Crippen molar-refractivity contribution < 1.29 is 14.9 Å². The molecule has 0 amide bonds. The number of hydrogen-bond acceptors (Lipinski definition) is 3. The van der Waals surface area contributed by atoms with E-state index in [9.17, 15) is 0 Å². The van der Waals surface area contributed by atoms with Crippen LogP contribution in [0.25, 0.3) is 0 Å². The molecular formula is C26H56O3. The van der Waals surface area contributed by atoms with E-state index in [1.165, 1.54) is 0 Å². The molecule has 0 saturated carbocycles. The molecule has 0 atom stereocenters. The third-order valence-corrected chi connectivity index (χ3v) is 0.508. The highest BCUT2D eigenvalue weighted by Crippen LogP contribution is 1.64. The highest BCUT2D eigenvalue weighted by molar-refractivity contribution is 4.24. The van der Waals surface area contributed by atoms with E-state index in [1.807, 2.05) is 13.8 Å². The lowest BCUT2D eigenvalue weighted by Gasteiger charge is -1.86. The summed E-state index contributed by atoms with van der Waals surface area (Å²) < 4.78 is 4.83. The van der Waals surface area contributed by atoms with Gasteiger partial charge in [-0.2, -0.15) is 0 Å². The Kier molecular flexibility index (Phi) is 8140. The number of ether oxygens (including phenoxy) is 1. The number of rotatable bonds is 3. The highest BCUT2D eigenvalue weighted by atomic mass is 16.5. The minimum atomic E-state index is -0.125. The average Bonchev–Trinajstić information content (AvgIpc) is 2.92. The van der Waals surface area contributed by atoms with Crippen molar-refractivity contribution in [2.45, 2.75) is 13.8 Å². The van der Waals surface area contributed by atoms with Crippen LogP contribution in [0.4, 0.5) is 0 Å². The molecule has 0 aromatic carbocycles. The molecule has 0 aromatic heterocycles. The van der Waals surface area contributed by atoms with Gasteiger partial charge in [-0.1, -0.05) is 0 Å². The summed E-state index contributed by atoms with van der Waals surface area (Å²) in [7, 11) is 0. The molecule has 0 heterocycles. The van der Waals surface area contributed by atoms with Crippen molar-refractivity contribution in [3.63, 3.8) is 0 Å². The van der Waals surface area contributed by atoms with Crippen LogP contribution in [0, 0.1) is 0 Å². The van der Waals surface area contributed by atoms with Crippen molar-refractivity contribution in [3.8, 4) is 0 Å². The van der Waals surface area contributed by atoms with Crippen molar-refractivity contribution in [1.29, 1.82) is 0 Å². The largest absolute Gasteiger partial charge is 0.394 e. The fraction of sp³-hybridized carbons (Fsp3) is 0.231. The Morgan fingerprint density at radius 3 is 0.483 bits per heavy atom. The first kappa shape index (κ1) is 82.4. The Morgan fingerprint density at radius 1 is 0.379 bits per heavy atom. The number of aliphatic hydroxyl groups excluding tert-OH is 2. The van der Waals surface area contributed by atoms with Gasteiger partial charge in [0, 0.05) is 13.2 Å². The van der Waals surface area contributed by atoms with Crippen LogP contribution in [0.15, 0.2) is 132 Å². The molecule has 0 aliphatic rings. The molecule has 0 rings (SSSR count). The standard InChI is InChI=1S/C4H10O.C2H6O2.10C2H4/c1-3-5-4-2;3-1-2-4;10*1-2/h3-4H2,1-2H3;3-4H,1-2H2;10*1-2H2. The normalized spacial score (nSPS) is 3.86. The third kappa shape index (κ3) is 175000. The quantitative estimate of drug-likeness (QED) is 0.458. The first-order valence-electron chi connectivity index (χ1n) is 8.12. The lowest BCUT2D eigenvalue weighted by molar-refractivity contribution is 0.162. The van der Waals surface area contributed by atoms with Crippen LogP contribution < -0.4 is 0 Å². The summed E-state index contributed by atoms with van der Waals surface area (Å²) >= 11 is 0. The summed E-state index contributed by atoms with van der Waals surface area (Å²) in [6.07, 6.45) is 0. The van der Waals surface area contributed by atoms with Crippen LogP contribution in [0.3, 0.4) is 0 Å². The lowest BCUT2D eigenvalue weighted by Crippen LogP contribution is -1.85. The fourth-order valence-corrected chi connectivity index (χ4v) is 0.204. The van der Waals surface area contributed by atoms with Crippen LogP contribution >= 0.6 is 0 Å². The molecule has 0 bridgehead atoms. The van der Waals surface area contributed by atoms with Crippen molar-refractivity contribution >= 4 is 0 Å². The van der Waals surface area contributed by atoms with Crippen LogP contribution in [0.1, 0.15) is 13.8 Å². The van der Waals surface area contributed by atoms with Crippen molar-refractivity contribution in [3.05, 3.63) is 132 Å². The van der Waals surface area contributed by atoms with Crippen molar-refractivity contribution in [2.75, 3.05) is 26.4 Å². The molecule has 0 saturated heterocycles. The van der Waals surface area contributed by atoms with Gasteiger partial charge in [0.15, 0.2) is 0 Å². The number of aliphatic hydroxyl groups is 2. The summed E-state index contributed by atoms with van der Waals surface area (Å²) in [4.78, 5) is 0. The van der Waals surface area contributed by atoms with Gasteiger partial charge >= 0.3 is 0 Å². The van der Waals surface area contributed by atoms with Crippen molar-refractivity contribution in [1.82, 2.24) is 0 Å². The van der Waals surface area contributed by atoms with Gasteiger partial charge in [0.25, 0.3) is 0 Å². The summed E-state index contributed by atoms with van der Waals surface area (Å²) in [6, 6.07) is 0. The molecule has 0 aromatic rings. The zero-order chi connectivity index (χ0) is 27.5. The molecule has 0 aliphatic carbocycles. The molecule has 178 valence electrons. The second-order valence-electron chi connectivity index (χ2n) is 1.23. The summed E-state index contributed by atoms with van der Waals surface area (Å²) in [5, 5.41) is 15.2. The van der Waals surface area contributed by atoms with Gasteiger partial charge in [-0.3, -0.25) is 0 Å². The van der Waals surface area contributed by atoms with E-state index in [4.69, 9.17) is 14.9 Å². The minimum Gasteiger partial charge on any atom is -0.394 e. The summed E-state index contributed by atoms with van der Waals surface area (Å²) in [5.74, 6) is 0. The van der Waals surface area contributed by atoms with E-state index in [0.29, 0.717) is 0 Å². The van der Waals surface area contributed by atoms with Gasteiger partial charge < -0.3 is 14.9 Å². The first-order chi connectivity index (χ1) is 14.3. The highest BCUT2D eigenvalue weighted by Gasteiger charge is 1.64. The van der Waals surface area contributed by atoms with Gasteiger partial charge in [-0.05, 0) is 13.8 Å². The molecule has 0 aliphatic heterocycles. The fourth-order valence-electron chi connectivity index (χ4n) is 0.204. The van der Waals surface area contributed by atoms with E-state index < -0.39 is 0 Å². The van der Waals surface area contributed by atoms with E-state index in [-0.39, 0.29) is 13.2 Å². The van der Waals surface area contributed by atoms with Crippen LogP contribution in [0.5, 0.6) is 0 Å². The molecule has 0 radical (unpaired) electrons. The zero-order valence-corrected chi connectivity index (χ0v) is 20.3. The minimum absolute atomic E-state index is 0.125. The van der Waals surface area contributed by atoms with Crippen LogP contribution in [-0.4, -0.2) is 36.6 Å². The maximum absolute atomic E-state index is 7.62. The topological polar surface area (TPSA) is 49.7 Å². The Balaban J connectivity index is -0.0000000112. The molecular weight excluding hydrogens is 360 g/mol. The zero-order valence-electron chi connectivity index (χ0n) is 20.3. The van der Waals surface area contributed by atoms with Gasteiger partial charge in [-0.25, -0.2) is 0 Å². The van der Waals surface area contributed by atoms with E-state index in [1.54, 1.807) is 0 Å². The summed E-state index contributed by atoms with van der Waals surface area (Å²) in [6.45, 7) is 65.4. The Labute approximate surface area is 187 Å². The summed E-state index contributed by atoms with van der Waals surface area (Å²) in [5.41, 5.74) is 0. The monoisotopic (exact) mass is 416 g/mol. The molecule has 29 heavy (non-hydrogen) atoms. The Morgan fingerprint density at radius 2 is 0.483 bits per heavy atom. The van der Waals surface area contributed by atoms with Crippen LogP contribution in [-0.2, 0) is 4.74 Å². The Bertz CT molecular complexity index is 93.9. The third-order valence-electron chi connectivity index (χ3n) is 0.508. The SMILES string of the molecule is C=C.C=C.C=C.C=C.C=C.C=C.C=C.C=C.C=C.C=C.CCOCC.OCCO. The molecule has 0 fully saturated rings. The smallest absolute Gasteiger partial charge is 0.0662 e. The molecule has 0 unspecified atom stereocenters. The predicted octanol–water partition coefficient (Wildman–Crippen LogP) is 8.04. The average molecular weight is 417 g/mol. The maximum Gasteiger partial charge on any atom is 0.0662 e. The Hall–Kier alpha value is -2.72. The molecule has 3 heteroatoms. The predicted molar refractivity (Wildman–Crippen MR) is 149 cm³/mol. The molecule has 2 N–H and O–H groups in total. The van der Waals surface area contributed by atoms with E-state index in [2.05, 4.69) is 132 Å². The van der Waals surface area contributed by atoms with Gasteiger partial charge in [0.1, 0.15) is 0 Å². The van der Waals surface area contributed by atoms with Gasteiger partial charge in [0.05, 0.1) is 13.2 Å². The molecule has 0 spiro atoms. The second kappa shape index (κ2) is 2870. The van der Waals surface area contributed by atoms with E-state index in [0.717, 1.165) is 13.2 Å². The van der Waals surface area contributed by atoms with E-state index >= 15 is 0 Å². The maximum atomic E-state index is 7.62. The second-order valence-corrected chi connectivity index (χ2v) is 1.23. The molecule has 3 nitrogen and oxygen atoms in total. The first-order valence-corrected chi connectivity index (χ1v) is 8.12.